The van der Waals surface area contributed by atoms with Crippen LogP contribution < -0.4 is 16.4 Å². The maximum Gasteiger partial charge on any atom is 0.246 e. The van der Waals surface area contributed by atoms with Crippen molar-refractivity contribution in [2.45, 2.75) is 26.1 Å². The van der Waals surface area contributed by atoms with E-state index < -0.39 is 0 Å². The molecular formula is C17H24N6O2. The monoisotopic (exact) mass is 344 g/mol. The molecule has 8 nitrogen and oxygen atoms in total. The lowest BCUT2D eigenvalue weighted by atomic mass is 10.2. The van der Waals surface area contributed by atoms with Gasteiger partial charge in [-0.1, -0.05) is 12.1 Å². The molecule has 1 aromatic heterocycles. The molecule has 1 atom stereocenters. The second-order valence-corrected chi connectivity index (χ2v) is 5.65. The number of carbonyl (C=O) groups excluding carboxylic acids is 1. The van der Waals surface area contributed by atoms with Gasteiger partial charge in [0.1, 0.15) is 6.54 Å². The minimum atomic E-state index is -0.140. The highest BCUT2D eigenvalue weighted by Gasteiger charge is 2.05. The molecule has 25 heavy (non-hydrogen) atoms. The fourth-order valence-corrected chi connectivity index (χ4v) is 2.26. The van der Waals surface area contributed by atoms with Crippen LogP contribution in [0.3, 0.4) is 0 Å². The number of carbonyl (C=O) groups is 1. The zero-order valence-corrected chi connectivity index (χ0v) is 14.5. The van der Waals surface area contributed by atoms with Gasteiger partial charge in [-0.3, -0.25) is 9.48 Å². The molecule has 0 aliphatic carbocycles. The van der Waals surface area contributed by atoms with Crippen LogP contribution in [0.1, 0.15) is 12.5 Å². The van der Waals surface area contributed by atoms with Crippen molar-refractivity contribution in [2.24, 2.45) is 10.7 Å². The molecule has 1 unspecified atom stereocenters. The SMILES string of the molecule is COCC(C)NC(N)=NCc1cccc(NC(=O)Cn2cccn2)c1. The third kappa shape index (κ3) is 6.64. The zero-order valence-electron chi connectivity index (χ0n) is 14.5. The van der Waals surface area contributed by atoms with Gasteiger partial charge in [-0.2, -0.15) is 5.10 Å². The highest BCUT2D eigenvalue weighted by Crippen LogP contribution is 2.11. The Kier molecular flexibility index (Phi) is 6.97. The van der Waals surface area contributed by atoms with E-state index in [1.54, 1.807) is 30.3 Å². The lowest BCUT2D eigenvalue weighted by molar-refractivity contribution is -0.116. The first-order valence-corrected chi connectivity index (χ1v) is 7.98. The fraction of sp³-hybridized carbons (Fsp3) is 0.353. The van der Waals surface area contributed by atoms with Gasteiger partial charge >= 0.3 is 0 Å². The van der Waals surface area contributed by atoms with Gasteiger partial charge in [-0.15, -0.1) is 0 Å². The van der Waals surface area contributed by atoms with Gasteiger partial charge in [0.25, 0.3) is 0 Å². The van der Waals surface area contributed by atoms with Gasteiger partial charge in [0.05, 0.1) is 13.2 Å². The molecule has 0 bridgehead atoms. The summed E-state index contributed by atoms with van der Waals surface area (Å²) >= 11 is 0. The minimum absolute atomic E-state index is 0.0849. The van der Waals surface area contributed by atoms with Gasteiger partial charge in [0.15, 0.2) is 5.96 Å². The molecule has 0 aliphatic heterocycles. The number of nitrogens with one attached hydrogen (secondary N) is 2. The topological polar surface area (TPSA) is 107 Å². The Morgan fingerprint density at radius 2 is 2.28 bits per heavy atom. The quantitative estimate of drug-likeness (QED) is 0.488. The van der Waals surface area contributed by atoms with Crippen molar-refractivity contribution in [3.8, 4) is 0 Å². The first-order valence-electron chi connectivity index (χ1n) is 7.98. The van der Waals surface area contributed by atoms with Crippen LogP contribution in [0.15, 0.2) is 47.7 Å². The highest BCUT2D eigenvalue weighted by molar-refractivity contribution is 5.90. The van der Waals surface area contributed by atoms with Crippen LogP contribution in [-0.4, -0.2) is 41.4 Å². The predicted octanol–water partition coefficient (Wildman–Crippen LogP) is 0.961. The smallest absolute Gasteiger partial charge is 0.246 e. The molecule has 4 N–H and O–H groups in total. The number of hydrogen-bond donors (Lipinski definition) is 3. The number of nitrogens with zero attached hydrogens (tertiary/aromatic N) is 3. The second kappa shape index (κ2) is 9.43. The third-order valence-electron chi connectivity index (χ3n) is 3.32. The number of amides is 1. The van der Waals surface area contributed by atoms with E-state index in [0.29, 0.717) is 24.8 Å². The highest BCUT2D eigenvalue weighted by atomic mass is 16.5. The summed E-state index contributed by atoms with van der Waals surface area (Å²) in [6.45, 7) is 3.10. The Morgan fingerprint density at radius 3 is 3.00 bits per heavy atom. The van der Waals surface area contributed by atoms with Gasteiger partial charge in [0, 0.05) is 31.2 Å². The van der Waals surface area contributed by atoms with Crippen molar-refractivity contribution < 1.29 is 9.53 Å². The number of guanidine groups is 1. The number of aliphatic imine (C=N–C) groups is 1. The number of rotatable bonds is 8. The van der Waals surface area contributed by atoms with Crippen LogP contribution in [0.5, 0.6) is 0 Å². The number of benzene rings is 1. The average molecular weight is 344 g/mol. The molecule has 0 saturated carbocycles. The molecule has 0 fully saturated rings. The summed E-state index contributed by atoms with van der Waals surface area (Å²) in [5, 5.41) is 9.90. The molecule has 0 saturated heterocycles. The molecule has 2 aromatic rings. The van der Waals surface area contributed by atoms with Crippen LogP contribution >= 0.6 is 0 Å². The number of nitrogens with two attached hydrogens (primary N) is 1. The van der Waals surface area contributed by atoms with E-state index in [1.165, 1.54) is 0 Å². The Morgan fingerprint density at radius 1 is 1.44 bits per heavy atom. The molecule has 1 aromatic carbocycles. The summed E-state index contributed by atoms with van der Waals surface area (Å²) in [4.78, 5) is 16.3. The number of methoxy groups -OCH3 is 1. The van der Waals surface area contributed by atoms with Crippen molar-refractivity contribution in [3.05, 3.63) is 48.3 Å². The number of ether oxygens (including phenoxy) is 1. The van der Waals surface area contributed by atoms with Crippen LogP contribution in [0.25, 0.3) is 0 Å². The molecule has 2 rings (SSSR count). The zero-order chi connectivity index (χ0) is 18.1. The molecule has 0 radical (unpaired) electrons. The number of aromatic nitrogens is 2. The molecule has 1 amide bonds. The molecule has 0 spiro atoms. The van der Waals surface area contributed by atoms with E-state index in [1.807, 2.05) is 31.2 Å². The maximum atomic E-state index is 12.0. The molecule has 1 heterocycles. The fourth-order valence-electron chi connectivity index (χ4n) is 2.26. The standard InChI is InChI=1S/C17H24N6O2/c1-13(12-25-2)21-17(18)19-10-14-5-3-6-15(9-14)22-16(24)11-23-8-4-7-20-23/h3-9,13H,10-12H2,1-2H3,(H,22,24)(H3,18,19,21). The van der Waals surface area contributed by atoms with Gasteiger partial charge in [-0.05, 0) is 30.7 Å². The summed E-state index contributed by atoms with van der Waals surface area (Å²) in [5.41, 5.74) is 7.51. The molecule has 0 aliphatic rings. The summed E-state index contributed by atoms with van der Waals surface area (Å²) in [6, 6.07) is 9.36. The Balaban J connectivity index is 1.88. The van der Waals surface area contributed by atoms with Crippen LogP contribution in [0, 0.1) is 0 Å². The van der Waals surface area contributed by atoms with E-state index >= 15 is 0 Å². The van der Waals surface area contributed by atoms with Crippen LogP contribution in [0.4, 0.5) is 5.69 Å². The van der Waals surface area contributed by atoms with Crippen LogP contribution in [0.2, 0.25) is 0 Å². The van der Waals surface area contributed by atoms with Crippen molar-refractivity contribution in [2.75, 3.05) is 19.0 Å². The normalized spacial score (nSPS) is 12.6. The maximum absolute atomic E-state index is 12.0. The lowest BCUT2D eigenvalue weighted by Crippen LogP contribution is -2.40. The summed E-state index contributed by atoms with van der Waals surface area (Å²) in [6.07, 6.45) is 3.38. The summed E-state index contributed by atoms with van der Waals surface area (Å²) in [7, 11) is 1.64. The van der Waals surface area contributed by atoms with Crippen molar-refractivity contribution in [3.63, 3.8) is 0 Å². The van der Waals surface area contributed by atoms with Gasteiger partial charge < -0.3 is 21.1 Å². The van der Waals surface area contributed by atoms with Crippen molar-refractivity contribution in [1.29, 1.82) is 0 Å². The molecular weight excluding hydrogens is 320 g/mol. The Bertz CT molecular complexity index is 699. The van der Waals surface area contributed by atoms with Gasteiger partial charge in [0.2, 0.25) is 5.91 Å². The minimum Gasteiger partial charge on any atom is -0.383 e. The third-order valence-corrected chi connectivity index (χ3v) is 3.32. The molecule has 134 valence electrons. The lowest BCUT2D eigenvalue weighted by Gasteiger charge is -2.13. The van der Waals surface area contributed by atoms with E-state index in [-0.39, 0.29) is 18.5 Å². The largest absolute Gasteiger partial charge is 0.383 e. The van der Waals surface area contributed by atoms with E-state index in [9.17, 15) is 4.79 Å². The van der Waals surface area contributed by atoms with Gasteiger partial charge in [-0.25, -0.2) is 4.99 Å². The molecule has 8 heteroatoms. The number of hydrogen-bond acceptors (Lipinski definition) is 4. The van der Waals surface area contributed by atoms with Crippen molar-refractivity contribution >= 4 is 17.6 Å². The Labute approximate surface area is 147 Å². The summed E-state index contributed by atoms with van der Waals surface area (Å²) in [5.74, 6) is 0.219. The predicted molar refractivity (Wildman–Crippen MR) is 97.1 cm³/mol. The first kappa shape index (κ1) is 18.5. The van der Waals surface area contributed by atoms with E-state index in [2.05, 4.69) is 20.7 Å². The average Bonchev–Trinajstić information content (AvgIpc) is 3.06. The van der Waals surface area contributed by atoms with E-state index in [0.717, 1.165) is 5.56 Å². The van der Waals surface area contributed by atoms with Crippen molar-refractivity contribution in [1.82, 2.24) is 15.1 Å². The second-order valence-electron chi connectivity index (χ2n) is 5.65. The number of anilines is 1. The van der Waals surface area contributed by atoms with Crippen LogP contribution in [-0.2, 0) is 22.6 Å². The summed E-state index contributed by atoms with van der Waals surface area (Å²) < 4.78 is 6.60. The van der Waals surface area contributed by atoms with E-state index in [4.69, 9.17) is 10.5 Å². The Hall–Kier alpha value is -2.87. The first-order chi connectivity index (χ1) is 12.1.